The summed E-state index contributed by atoms with van der Waals surface area (Å²) < 4.78 is 33.6. The van der Waals surface area contributed by atoms with Gasteiger partial charge >= 0.3 is 5.97 Å². The van der Waals surface area contributed by atoms with E-state index >= 15 is 0 Å². The first kappa shape index (κ1) is 24.9. The predicted molar refractivity (Wildman–Crippen MR) is 135 cm³/mol. The van der Waals surface area contributed by atoms with Crippen LogP contribution in [0.3, 0.4) is 0 Å². The number of halogens is 4. The van der Waals surface area contributed by atoms with E-state index in [1.807, 2.05) is 0 Å². The lowest BCUT2D eigenvalue weighted by Crippen LogP contribution is -2.11. The number of nitrogens with two attached hydrogens (primary N) is 1. The van der Waals surface area contributed by atoms with Gasteiger partial charge in [0, 0.05) is 29.7 Å². The van der Waals surface area contributed by atoms with Crippen LogP contribution in [0.4, 0.5) is 20.4 Å². The fourth-order valence-corrected chi connectivity index (χ4v) is 4.13. The number of imidazole rings is 1. The first-order valence-electron chi connectivity index (χ1n) is 10.4. The van der Waals surface area contributed by atoms with Crippen LogP contribution in [0.2, 0.25) is 5.02 Å². The van der Waals surface area contributed by atoms with E-state index in [1.165, 1.54) is 6.07 Å². The second-order valence-electron chi connectivity index (χ2n) is 7.64. The minimum atomic E-state index is -2.77. The number of alkyl halides is 2. The molecule has 0 fully saturated rings. The SMILES string of the molecule is Cn1c(Nc2cc(CN)ccc2Cl)nc2c(-c3ccc(Br)cc3)c(C(=O)O)c(OCC(F)F)cc21. The molecule has 7 nitrogen and oxygen atoms in total. The zero-order valence-corrected chi connectivity index (χ0v) is 20.7. The first-order valence-corrected chi connectivity index (χ1v) is 11.6. The smallest absolute Gasteiger partial charge is 0.340 e. The fraction of sp³-hybridized carbons (Fsp3) is 0.167. The molecule has 0 atom stereocenters. The number of hydrogen-bond acceptors (Lipinski definition) is 5. The Balaban J connectivity index is 1.97. The number of aromatic nitrogens is 2. The highest BCUT2D eigenvalue weighted by Gasteiger charge is 2.26. The van der Waals surface area contributed by atoms with Gasteiger partial charge in [0.05, 0.1) is 21.7 Å². The van der Waals surface area contributed by atoms with Crippen molar-refractivity contribution in [2.75, 3.05) is 11.9 Å². The van der Waals surface area contributed by atoms with E-state index in [0.29, 0.717) is 39.8 Å². The standard InChI is InChI=1S/C24H20BrClF2N4O3/c1-32-17-9-18(35-11-19(27)28)21(23(33)34)20(13-3-5-14(25)6-4-13)22(17)31-24(32)30-16-8-12(10-29)2-7-15(16)26/h2-9,19H,10-11,29H2,1H3,(H,30,31)(H,33,34). The maximum atomic E-state index is 12.9. The van der Waals surface area contributed by atoms with Gasteiger partial charge < -0.3 is 25.5 Å². The second kappa shape index (κ2) is 10.2. The molecule has 0 aliphatic heterocycles. The summed E-state index contributed by atoms with van der Waals surface area (Å²) in [6.07, 6.45) is -2.77. The molecule has 0 saturated heterocycles. The summed E-state index contributed by atoms with van der Waals surface area (Å²) in [4.78, 5) is 17.0. The molecule has 4 aromatic rings. The van der Waals surface area contributed by atoms with Gasteiger partial charge in [0.15, 0.2) is 0 Å². The van der Waals surface area contributed by atoms with E-state index in [-0.39, 0.29) is 16.9 Å². The molecule has 0 aliphatic carbocycles. The summed E-state index contributed by atoms with van der Waals surface area (Å²) in [7, 11) is 1.71. The summed E-state index contributed by atoms with van der Waals surface area (Å²) in [6.45, 7) is -0.634. The third-order valence-electron chi connectivity index (χ3n) is 5.36. The van der Waals surface area contributed by atoms with Crippen molar-refractivity contribution in [1.29, 1.82) is 0 Å². The zero-order valence-electron chi connectivity index (χ0n) is 18.4. The van der Waals surface area contributed by atoms with Crippen LogP contribution < -0.4 is 15.8 Å². The molecule has 4 N–H and O–H groups in total. The van der Waals surface area contributed by atoms with Gasteiger partial charge in [-0.05, 0) is 35.4 Å². The number of ether oxygens (including phenoxy) is 1. The molecule has 0 spiro atoms. The van der Waals surface area contributed by atoms with Gasteiger partial charge in [-0.3, -0.25) is 0 Å². The molecular formula is C24H20BrClF2N4O3. The van der Waals surface area contributed by atoms with Crippen LogP contribution >= 0.6 is 27.5 Å². The van der Waals surface area contributed by atoms with Crippen molar-refractivity contribution < 1.29 is 23.4 Å². The van der Waals surface area contributed by atoms with Crippen molar-refractivity contribution in [3.8, 4) is 16.9 Å². The van der Waals surface area contributed by atoms with Crippen LogP contribution in [-0.4, -0.2) is 33.7 Å². The van der Waals surface area contributed by atoms with Crippen LogP contribution in [0.5, 0.6) is 5.75 Å². The molecule has 0 aliphatic rings. The van der Waals surface area contributed by atoms with E-state index in [0.717, 1.165) is 10.0 Å². The second-order valence-corrected chi connectivity index (χ2v) is 8.97. The Hall–Kier alpha value is -3.21. The average Bonchev–Trinajstić information content (AvgIpc) is 3.13. The Kier molecular flexibility index (Phi) is 7.25. The molecule has 0 radical (unpaired) electrons. The van der Waals surface area contributed by atoms with Crippen LogP contribution in [0.1, 0.15) is 15.9 Å². The van der Waals surface area contributed by atoms with Gasteiger partial charge in [-0.2, -0.15) is 0 Å². The summed E-state index contributed by atoms with van der Waals surface area (Å²) in [5.41, 5.74) is 8.51. The van der Waals surface area contributed by atoms with Gasteiger partial charge in [0.1, 0.15) is 17.9 Å². The number of carboxylic acid groups (broad SMARTS) is 1. The summed E-state index contributed by atoms with van der Waals surface area (Å²) in [5, 5.41) is 13.6. The van der Waals surface area contributed by atoms with Crippen molar-refractivity contribution in [1.82, 2.24) is 9.55 Å². The number of fused-ring (bicyclic) bond motifs is 1. The number of carbonyl (C=O) groups is 1. The Labute approximate surface area is 212 Å². The van der Waals surface area contributed by atoms with Crippen molar-refractivity contribution in [3.63, 3.8) is 0 Å². The van der Waals surface area contributed by atoms with E-state index in [9.17, 15) is 18.7 Å². The molecular weight excluding hydrogens is 546 g/mol. The Bertz CT molecular complexity index is 1410. The molecule has 0 saturated carbocycles. The van der Waals surface area contributed by atoms with Gasteiger partial charge in [-0.15, -0.1) is 0 Å². The van der Waals surface area contributed by atoms with Crippen LogP contribution in [0.15, 0.2) is 53.0 Å². The van der Waals surface area contributed by atoms with Gasteiger partial charge in [-0.25, -0.2) is 18.6 Å². The predicted octanol–water partition coefficient (Wildman–Crippen LogP) is 6.20. The zero-order chi connectivity index (χ0) is 25.3. The summed E-state index contributed by atoms with van der Waals surface area (Å²) in [6, 6.07) is 13.6. The number of nitrogens with one attached hydrogen (secondary N) is 1. The lowest BCUT2D eigenvalue weighted by atomic mass is 9.97. The maximum Gasteiger partial charge on any atom is 0.340 e. The number of rotatable bonds is 8. The molecule has 1 aromatic heterocycles. The Morgan fingerprint density at radius 2 is 1.97 bits per heavy atom. The van der Waals surface area contributed by atoms with Crippen LogP contribution in [0, 0.1) is 0 Å². The number of aryl methyl sites for hydroxylation is 1. The highest BCUT2D eigenvalue weighted by Crippen LogP contribution is 2.40. The van der Waals surface area contributed by atoms with E-state index in [2.05, 4.69) is 26.2 Å². The molecule has 1 heterocycles. The minimum Gasteiger partial charge on any atom is -0.487 e. The van der Waals surface area contributed by atoms with E-state index < -0.39 is 19.0 Å². The van der Waals surface area contributed by atoms with Crippen LogP contribution in [0.25, 0.3) is 22.2 Å². The van der Waals surface area contributed by atoms with E-state index in [4.69, 9.17) is 22.1 Å². The highest BCUT2D eigenvalue weighted by atomic mass is 79.9. The van der Waals surface area contributed by atoms with Gasteiger partial charge in [-0.1, -0.05) is 45.7 Å². The van der Waals surface area contributed by atoms with Gasteiger partial charge in [0.25, 0.3) is 6.43 Å². The largest absolute Gasteiger partial charge is 0.487 e. The van der Waals surface area contributed by atoms with Gasteiger partial charge in [0.2, 0.25) is 5.95 Å². The monoisotopic (exact) mass is 564 g/mol. The lowest BCUT2D eigenvalue weighted by Gasteiger charge is -2.14. The number of carboxylic acids is 1. The Morgan fingerprint density at radius 3 is 2.60 bits per heavy atom. The normalized spacial score (nSPS) is 11.3. The quantitative estimate of drug-likeness (QED) is 0.235. The number of nitrogens with zero attached hydrogens (tertiary/aromatic N) is 2. The molecule has 4 rings (SSSR count). The topological polar surface area (TPSA) is 102 Å². The van der Waals surface area contributed by atoms with Crippen molar-refractivity contribution in [2.24, 2.45) is 12.8 Å². The number of benzene rings is 3. The van der Waals surface area contributed by atoms with Crippen molar-refractivity contribution >= 4 is 56.2 Å². The fourth-order valence-electron chi connectivity index (χ4n) is 3.70. The average molecular weight is 566 g/mol. The van der Waals surface area contributed by atoms with E-state index in [1.54, 1.807) is 54.1 Å². The van der Waals surface area contributed by atoms with Crippen molar-refractivity contribution in [3.05, 3.63) is 69.2 Å². The lowest BCUT2D eigenvalue weighted by molar-refractivity contribution is 0.0665. The summed E-state index contributed by atoms with van der Waals surface area (Å²) in [5.74, 6) is -1.15. The maximum absolute atomic E-state index is 12.9. The number of anilines is 2. The molecule has 35 heavy (non-hydrogen) atoms. The molecule has 182 valence electrons. The number of aromatic carboxylic acids is 1. The van der Waals surface area contributed by atoms with Crippen molar-refractivity contribution in [2.45, 2.75) is 13.0 Å². The first-order chi connectivity index (χ1) is 16.7. The highest BCUT2D eigenvalue weighted by molar-refractivity contribution is 9.10. The summed E-state index contributed by atoms with van der Waals surface area (Å²) >= 11 is 9.71. The third kappa shape index (κ3) is 5.09. The van der Waals surface area contributed by atoms with Crippen LogP contribution in [-0.2, 0) is 13.6 Å². The number of hydrogen-bond donors (Lipinski definition) is 3. The minimum absolute atomic E-state index is 0.180. The molecule has 3 aromatic carbocycles. The Morgan fingerprint density at radius 1 is 1.26 bits per heavy atom. The third-order valence-corrected chi connectivity index (χ3v) is 6.22. The molecule has 0 amide bonds. The molecule has 0 bridgehead atoms. The molecule has 0 unspecified atom stereocenters. The molecule has 11 heteroatoms.